The Morgan fingerprint density at radius 3 is 2.18 bits per heavy atom. The van der Waals surface area contributed by atoms with E-state index in [1.807, 2.05) is 48.5 Å². The normalized spacial score (nSPS) is 10.3. The molecule has 3 heteroatoms. The van der Waals surface area contributed by atoms with E-state index < -0.39 is 6.09 Å². The lowest BCUT2D eigenvalue weighted by molar-refractivity contribution is 0.215. The first-order chi connectivity index (χ1) is 10.7. The highest BCUT2D eigenvalue weighted by molar-refractivity contribution is 5.86. The maximum atomic E-state index is 11.9. The van der Waals surface area contributed by atoms with E-state index in [4.69, 9.17) is 4.74 Å². The van der Waals surface area contributed by atoms with Crippen molar-refractivity contribution in [3.05, 3.63) is 59.7 Å². The SMILES string of the molecule is CCCCc1ccc(NC(=O)Oc2ccc(CC)cc2)cc1. The lowest BCUT2D eigenvalue weighted by atomic mass is 10.1. The fraction of sp³-hybridized carbons (Fsp3) is 0.316. The summed E-state index contributed by atoms with van der Waals surface area (Å²) in [6.07, 6.45) is 3.94. The van der Waals surface area contributed by atoms with E-state index in [-0.39, 0.29) is 0 Å². The van der Waals surface area contributed by atoms with Crippen molar-refractivity contribution in [1.82, 2.24) is 0 Å². The van der Waals surface area contributed by atoms with E-state index >= 15 is 0 Å². The van der Waals surface area contributed by atoms with Gasteiger partial charge in [-0.25, -0.2) is 4.79 Å². The van der Waals surface area contributed by atoms with E-state index in [1.54, 1.807) is 0 Å². The number of benzene rings is 2. The van der Waals surface area contributed by atoms with Crippen LogP contribution in [0.2, 0.25) is 0 Å². The quantitative estimate of drug-likeness (QED) is 0.795. The van der Waals surface area contributed by atoms with Gasteiger partial charge in [-0.2, -0.15) is 0 Å². The molecule has 116 valence electrons. The summed E-state index contributed by atoms with van der Waals surface area (Å²) in [5.41, 5.74) is 3.25. The summed E-state index contributed by atoms with van der Waals surface area (Å²) in [6.45, 7) is 4.27. The Bertz CT molecular complexity index is 588. The van der Waals surface area contributed by atoms with Gasteiger partial charge in [0.25, 0.3) is 0 Å². The second-order valence-corrected chi connectivity index (χ2v) is 5.31. The predicted molar refractivity (Wildman–Crippen MR) is 90.5 cm³/mol. The first kappa shape index (κ1) is 16.1. The van der Waals surface area contributed by atoms with Crippen molar-refractivity contribution in [2.24, 2.45) is 0 Å². The van der Waals surface area contributed by atoms with Crippen molar-refractivity contribution in [3.63, 3.8) is 0 Å². The summed E-state index contributed by atoms with van der Waals surface area (Å²) in [7, 11) is 0. The molecule has 1 amide bonds. The zero-order valence-corrected chi connectivity index (χ0v) is 13.3. The molecule has 0 aliphatic carbocycles. The number of carbonyl (C=O) groups is 1. The van der Waals surface area contributed by atoms with Crippen LogP contribution in [0.25, 0.3) is 0 Å². The maximum Gasteiger partial charge on any atom is 0.417 e. The first-order valence-corrected chi connectivity index (χ1v) is 7.88. The van der Waals surface area contributed by atoms with Crippen LogP contribution in [0, 0.1) is 0 Å². The lowest BCUT2D eigenvalue weighted by Gasteiger charge is -2.08. The number of carbonyl (C=O) groups excluding carboxylic acids is 1. The monoisotopic (exact) mass is 297 g/mol. The largest absolute Gasteiger partial charge is 0.417 e. The van der Waals surface area contributed by atoms with Gasteiger partial charge in [-0.3, -0.25) is 5.32 Å². The Morgan fingerprint density at radius 1 is 0.955 bits per heavy atom. The minimum Gasteiger partial charge on any atom is -0.410 e. The van der Waals surface area contributed by atoms with E-state index in [9.17, 15) is 4.79 Å². The zero-order chi connectivity index (χ0) is 15.8. The summed E-state index contributed by atoms with van der Waals surface area (Å²) in [5, 5.41) is 2.74. The average molecular weight is 297 g/mol. The second kappa shape index (κ2) is 8.23. The fourth-order valence-electron chi connectivity index (χ4n) is 2.18. The Balaban J connectivity index is 1.88. The Labute approximate surface area is 132 Å². The van der Waals surface area contributed by atoms with Crippen molar-refractivity contribution in [2.75, 3.05) is 5.32 Å². The molecule has 2 aromatic carbocycles. The maximum absolute atomic E-state index is 11.9. The molecule has 0 saturated heterocycles. The summed E-state index contributed by atoms with van der Waals surface area (Å²) in [5.74, 6) is 0.550. The van der Waals surface area contributed by atoms with Crippen LogP contribution in [0.15, 0.2) is 48.5 Å². The molecule has 0 radical (unpaired) electrons. The van der Waals surface area contributed by atoms with Crippen molar-refractivity contribution in [3.8, 4) is 5.75 Å². The van der Waals surface area contributed by atoms with E-state index in [2.05, 4.69) is 19.2 Å². The molecule has 0 heterocycles. The molecule has 0 atom stereocenters. The molecule has 0 bridgehead atoms. The van der Waals surface area contributed by atoms with Crippen LogP contribution in [0.4, 0.5) is 10.5 Å². The second-order valence-electron chi connectivity index (χ2n) is 5.31. The van der Waals surface area contributed by atoms with Crippen LogP contribution in [0.5, 0.6) is 5.75 Å². The van der Waals surface area contributed by atoms with E-state index in [1.165, 1.54) is 24.0 Å². The van der Waals surface area contributed by atoms with Crippen molar-refractivity contribution >= 4 is 11.8 Å². The average Bonchev–Trinajstić information content (AvgIpc) is 2.55. The third-order valence-corrected chi connectivity index (χ3v) is 3.56. The van der Waals surface area contributed by atoms with Gasteiger partial charge in [0.2, 0.25) is 0 Å². The summed E-state index contributed by atoms with van der Waals surface area (Å²) in [6, 6.07) is 15.5. The summed E-state index contributed by atoms with van der Waals surface area (Å²) < 4.78 is 5.26. The van der Waals surface area contributed by atoms with E-state index in [0.29, 0.717) is 5.75 Å². The number of unbranched alkanes of at least 4 members (excludes halogenated alkanes) is 1. The van der Waals surface area contributed by atoms with Gasteiger partial charge in [-0.1, -0.05) is 44.5 Å². The Kier molecular flexibility index (Phi) is 6.01. The molecule has 0 spiro atoms. The summed E-state index contributed by atoms with van der Waals surface area (Å²) >= 11 is 0. The number of aryl methyl sites for hydroxylation is 2. The molecule has 1 N–H and O–H groups in total. The van der Waals surface area contributed by atoms with E-state index in [0.717, 1.165) is 18.5 Å². The topological polar surface area (TPSA) is 38.3 Å². The van der Waals surface area contributed by atoms with Gasteiger partial charge in [0.1, 0.15) is 5.75 Å². The smallest absolute Gasteiger partial charge is 0.410 e. The Morgan fingerprint density at radius 2 is 1.59 bits per heavy atom. The third-order valence-electron chi connectivity index (χ3n) is 3.56. The van der Waals surface area contributed by atoms with Crippen LogP contribution >= 0.6 is 0 Å². The van der Waals surface area contributed by atoms with Crippen LogP contribution in [-0.2, 0) is 12.8 Å². The zero-order valence-electron chi connectivity index (χ0n) is 13.3. The van der Waals surface area contributed by atoms with Crippen LogP contribution < -0.4 is 10.1 Å². The molecule has 0 aromatic heterocycles. The molecule has 0 fully saturated rings. The molecule has 0 aliphatic rings. The highest BCUT2D eigenvalue weighted by Crippen LogP contribution is 2.15. The van der Waals surface area contributed by atoms with Gasteiger partial charge in [-0.15, -0.1) is 0 Å². The third kappa shape index (κ3) is 4.92. The number of amides is 1. The van der Waals surface area contributed by atoms with Gasteiger partial charge >= 0.3 is 6.09 Å². The fourth-order valence-corrected chi connectivity index (χ4v) is 2.18. The number of nitrogens with one attached hydrogen (secondary N) is 1. The molecule has 2 rings (SSSR count). The van der Waals surface area contributed by atoms with Crippen LogP contribution in [0.3, 0.4) is 0 Å². The molecule has 3 nitrogen and oxygen atoms in total. The van der Waals surface area contributed by atoms with Gasteiger partial charge < -0.3 is 4.74 Å². The molecular weight excluding hydrogens is 274 g/mol. The predicted octanol–water partition coefficient (Wildman–Crippen LogP) is 5.20. The van der Waals surface area contributed by atoms with Crippen LogP contribution in [-0.4, -0.2) is 6.09 Å². The minimum absolute atomic E-state index is 0.467. The minimum atomic E-state index is -0.467. The van der Waals surface area contributed by atoms with Gasteiger partial charge in [0, 0.05) is 5.69 Å². The number of rotatable bonds is 6. The van der Waals surface area contributed by atoms with Gasteiger partial charge in [0.15, 0.2) is 0 Å². The number of ether oxygens (including phenoxy) is 1. The van der Waals surface area contributed by atoms with Crippen molar-refractivity contribution < 1.29 is 9.53 Å². The molecule has 22 heavy (non-hydrogen) atoms. The Hall–Kier alpha value is -2.29. The summed E-state index contributed by atoms with van der Waals surface area (Å²) in [4.78, 5) is 11.9. The lowest BCUT2D eigenvalue weighted by Crippen LogP contribution is -2.16. The number of hydrogen-bond acceptors (Lipinski definition) is 2. The molecule has 0 saturated carbocycles. The molecule has 0 unspecified atom stereocenters. The number of anilines is 1. The standard InChI is InChI=1S/C19H23NO2/c1-3-5-6-16-7-11-17(12-8-16)20-19(21)22-18-13-9-15(4-2)10-14-18/h7-14H,3-6H2,1-2H3,(H,20,21). The molecule has 2 aromatic rings. The first-order valence-electron chi connectivity index (χ1n) is 7.88. The molecule has 0 aliphatic heterocycles. The van der Waals surface area contributed by atoms with Crippen molar-refractivity contribution in [2.45, 2.75) is 39.5 Å². The number of hydrogen-bond donors (Lipinski definition) is 1. The molecular formula is C19H23NO2. The van der Waals surface area contributed by atoms with Crippen LogP contribution in [0.1, 0.15) is 37.8 Å². The highest BCUT2D eigenvalue weighted by atomic mass is 16.6. The van der Waals surface area contributed by atoms with Gasteiger partial charge in [-0.05, 0) is 54.7 Å². The highest BCUT2D eigenvalue weighted by Gasteiger charge is 2.05. The van der Waals surface area contributed by atoms with Crippen molar-refractivity contribution in [1.29, 1.82) is 0 Å². The van der Waals surface area contributed by atoms with Gasteiger partial charge in [0.05, 0.1) is 0 Å².